The van der Waals surface area contributed by atoms with Crippen molar-refractivity contribution in [2.75, 3.05) is 18.5 Å². The molecule has 0 unspecified atom stereocenters. The van der Waals surface area contributed by atoms with Crippen molar-refractivity contribution in [3.63, 3.8) is 0 Å². The van der Waals surface area contributed by atoms with Crippen LogP contribution in [0.25, 0.3) is 6.08 Å². The fourth-order valence-electron chi connectivity index (χ4n) is 2.99. The van der Waals surface area contributed by atoms with Gasteiger partial charge in [0.25, 0.3) is 11.6 Å². The van der Waals surface area contributed by atoms with Crippen LogP contribution < -0.4 is 14.8 Å². The number of rotatable bonds is 12. The molecular weight excluding hydrogens is 446 g/mol. The smallest absolute Gasteiger partial charge is 0.271 e. The Bertz CT molecular complexity index is 1060. The van der Waals surface area contributed by atoms with E-state index in [1.54, 1.807) is 12.1 Å². The molecule has 0 aliphatic carbocycles. The number of halogens is 1. The number of amides is 1. The summed E-state index contributed by atoms with van der Waals surface area (Å²) in [5.74, 6) is 0.137. The summed E-state index contributed by atoms with van der Waals surface area (Å²) in [7, 11) is 0. The van der Waals surface area contributed by atoms with Gasteiger partial charge in [0.1, 0.15) is 11.6 Å². The van der Waals surface area contributed by atoms with Crippen LogP contribution in [-0.2, 0) is 4.79 Å². The third kappa shape index (κ3) is 7.81. The fraction of sp³-hybridized carbons (Fsp3) is 0.333. The monoisotopic (exact) mass is 471 g/mol. The lowest BCUT2D eigenvalue weighted by Crippen LogP contribution is -2.13. The molecule has 0 saturated carbocycles. The SMILES string of the molecule is CCCCCCOc1c(Cl)cc(/C=C(/C#N)C(=O)Nc2cccc([N+](=O)[O-])c2)cc1OCC. The zero-order valence-electron chi connectivity index (χ0n) is 18.6. The first kappa shape index (κ1) is 25.7. The molecule has 0 bridgehead atoms. The molecule has 8 nitrogen and oxygen atoms in total. The van der Waals surface area contributed by atoms with E-state index < -0.39 is 10.8 Å². The van der Waals surface area contributed by atoms with Crippen LogP contribution >= 0.6 is 11.6 Å². The summed E-state index contributed by atoms with van der Waals surface area (Å²) in [6.45, 7) is 4.85. The van der Waals surface area contributed by atoms with Crippen molar-refractivity contribution in [2.45, 2.75) is 39.5 Å². The third-order valence-corrected chi connectivity index (χ3v) is 4.85. The molecular formula is C24H26ClN3O5. The van der Waals surface area contributed by atoms with E-state index in [1.807, 2.05) is 13.0 Å². The van der Waals surface area contributed by atoms with Gasteiger partial charge < -0.3 is 14.8 Å². The van der Waals surface area contributed by atoms with E-state index in [0.29, 0.717) is 35.3 Å². The van der Waals surface area contributed by atoms with Gasteiger partial charge in [0.15, 0.2) is 11.5 Å². The number of nitriles is 1. The number of unbranched alkanes of at least 4 members (excludes halogenated alkanes) is 3. The first-order valence-corrected chi connectivity index (χ1v) is 11.0. The molecule has 0 atom stereocenters. The van der Waals surface area contributed by atoms with E-state index in [0.717, 1.165) is 25.7 Å². The van der Waals surface area contributed by atoms with Gasteiger partial charge in [-0.05, 0) is 43.2 Å². The van der Waals surface area contributed by atoms with E-state index in [-0.39, 0.29) is 16.9 Å². The van der Waals surface area contributed by atoms with Gasteiger partial charge in [-0.3, -0.25) is 14.9 Å². The Morgan fingerprint density at radius 2 is 2.00 bits per heavy atom. The second-order valence-corrected chi connectivity index (χ2v) is 7.51. The van der Waals surface area contributed by atoms with Crippen molar-refractivity contribution < 1.29 is 19.2 Å². The molecule has 0 spiro atoms. The predicted octanol–water partition coefficient (Wildman–Crippen LogP) is 6.15. The van der Waals surface area contributed by atoms with Crippen molar-refractivity contribution in [3.8, 4) is 17.6 Å². The summed E-state index contributed by atoms with van der Waals surface area (Å²) < 4.78 is 11.5. The van der Waals surface area contributed by atoms with Gasteiger partial charge in [0, 0.05) is 17.8 Å². The predicted molar refractivity (Wildman–Crippen MR) is 128 cm³/mol. The van der Waals surface area contributed by atoms with Gasteiger partial charge in [-0.1, -0.05) is 43.9 Å². The van der Waals surface area contributed by atoms with Crippen LogP contribution in [0.3, 0.4) is 0 Å². The van der Waals surface area contributed by atoms with Gasteiger partial charge >= 0.3 is 0 Å². The Balaban J connectivity index is 2.23. The van der Waals surface area contributed by atoms with E-state index >= 15 is 0 Å². The van der Waals surface area contributed by atoms with Crippen LogP contribution in [0.15, 0.2) is 42.0 Å². The second kappa shape index (κ2) is 13.1. The average Bonchev–Trinajstić information content (AvgIpc) is 2.79. The van der Waals surface area contributed by atoms with Crippen LogP contribution in [-0.4, -0.2) is 24.0 Å². The van der Waals surface area contributed by atoms with Crippen molar-refractivity contribution in [2.24, 2.45) is 0 Å². The number of benzene rings is 2. The first-order chi connectivity index (χ1) is 15.9. The molecule has 2 aromatic carbocycles. The van der Waals surface area contributed by atoms with E-state index in [9.17, 15) is 20.2 Å². The molecule has 0 heterocycles. The number of anilines is 1. The van der Waals surface area contributed by atoms with E-state index in [4.69, 9.17) is 21.1 Å². The number of nitro groups is 1. The molecule has 2 rings (SSSR count). The first-order valence-electron chi connectivity index (χ1n) is 10.7. The molecule has 0 radical (unpaired) electrons. The maximum Gasteiger partial charge on any atom is 0.271 e. The Labute approximate surface area is 197 Å². The number of nitrogens with zero attached hydrogens (tertiary/aromatic N) is 2. The average molecular weight is 472 g/mol. The lowest BCUT2D eigenvalue weighted by atomic mass is 10.1. The Morgan fingerprint density at radius 3 is 2.67 bits per heavy atom. The molecule has 1 N–H and O–H groups in total. The molecule has 9 heteroatoms. The van der Waals surface area contributed by atoms with Crippen molar-refractivity contribution >= 4 is 35.0 Å². The summed E-state index contributed by atoms with van der Waals surface area (Å²) in [4.78, 5) is 22.9. The molecule has 0 fully saturated rings. The summed E-state index contributed by atoms with van der Waals surface area (Å²) in [5, 5.41) is 23.2. The van der Waals surface area contributed by atoms with Crippen LogP contribution in [0, 0.1) is 21.4 Å². The molecule has 0 saturated heterocycles. The third-order valence-electron chi connectivity index (χ3n) is 4.57. The standard InChI is InChI=1S/C24H26ClN3O5/c1-3-5-6-7-11-33-23-21(25)13-17(14-22(23)32-4-2)12-18(16-26)24(29)27-19-9-8-10-20(15-19)28(30)31/h8-10,12-15H,3-7,11H2,1-2H3,(H,27,29)/b18-12-. The van der Waals surface area contributed by atoms with Crippen molar-refractivity contribution in [1.29, 1.82) is 5.26 Å². The van der Waals surface area contributed by atoms with Gasteiger partial charge in [0.2, 0.25) is 0 Å². The maximum absolute atomic E-state index is 12.6. The lowest BCUT2D eigenvalue weighted by Gasteiger charge is -2.14. The van der Waals surface area contributed by atoms with Gasteiger partial charge in [-0.25, -0.2) is 0 Å². The molecule has 174 valence electrons. The number of carbonyl (C=O) groups excluding carboxylic acids is 1. The Kier molecular flexibility index (Phi) is 10.2. The molecule has 0 aliphatic rings. The van der Waals surface area contributed by atoms with Gasteiger partial charge in [-0.2, -0.15) is 5.26 Å². The minimum Gasteiger partial charge on any atom is -0.490 e. The normalized spacial score (nSPS) is 10.9. The van der Waals surface area contributed by atoms with E-state index in [2.05, 4.69) is 12.2 Å². The maximum atomic E-state index is 12.6. The summed E-state index contributed by atoms with van der Waals surface area (Å²) in [5.41, 5.74) is 0.310. The van der Waals surface area contributed by atoms with Crippen molar-refractivity contribution in [1.82, 2.24) is 0 Å². The van der Waals surface area contributed by atoms with Crippen LogP contribution in [0.1, 0.15) is 45.1 Å². The molecule has 33 heavy (non-hydrogen) atoms. The quantitative estimate of drug-likeness (QED) is 0.130. The van der Waals surface area contributed by atoms with Gasteiger partial charge in [-0.15, -0.1) is 0 Å². The minimum absolute atomic E-state index is 0.172. The summed E-state index contributed by atoms with van der Waals surface area (Å²) in [6, 6.07) is 10.5. The number of nitro benzene ring substituents is 1. The number of carbonyl (C=O) groups is 1. The highest BCUT2D eigenvalue weighted by Gasteiger charge is 2.15. The van der Waals surface area contributed by atoms with Crippen LogP contribution in [0.2, 0.25) is 5.02 Å². The number of non-ortho nitro benzene ring substituents is 1. The highest BCUT2D eigenvalue weighted by atomic mass is 35.5. The van der Waals surface area contributed by atoms with Crippen LogP contribution in [0.5, 0.6) is 11.5 Å². The largest absolute Gasteiger partial charge is 0.490 e. The zero-order chi connectivity index (χ0) is 24.2. The highest BCUT2D eigenvalue weighted by Crippen LogP contribution is 2.37. The number of ether oxygens (including phenoxy) is 2. The number of nitrogens with one attached hydrogen (secondary N) is 1. The van der Waals surface area contributed by atoms with Crippen molar-refractivity contribution in [3.05, 3.63) is 62.7 Å². The second-order valence-electron chi connectivity index (χ2n) is 7.10. The number of hydrogen-bond donors (Lipinski definition) is 1. The lowest BCUT2D eigenvalue weighted by molar-refractivity contribution is -0.384. The molecule has 0 aliphatic heterocycles. The van der Waals surface area contributed by atoms with E-state index in [1.165, 1.54) is 30.3 Å². The highest BCUT2D eigenvalue weighted by molar-refractivity contribution is 6.32. The summed E-state index contributed by atoms with van der Waals surface area (Å²) in [6.07, 6.45) is 5.58. The molecule has 2 aromatic rings. The minimum atomic E-state index is -0.705. The molecule has 0 aromatic heterocycles. The zero-order valence-corrected chi connectivity index (χ0v) is 19.4. The number of hydrogen-bond acceptors (Lipinski definition) is 6. The topological polar surface area (TPSA) is 114 Å². The van der Waals surface area contributed by atoms with Gasteiger partial charge in [0.05, 0.1) is 23.2 Å². The Hall–Kier alpha value is -3.57. The van der Waals surface area contributed by atoms with Crippen LogP contribution in [0.4, 0.5) is 11.4 Å². The Morgan fingerprint density at radius 1 is 1.21 bits per heavy atom. The molecule has 1 amide bonds. The summed E-state index contributed by atoms with van der Waals surface area (Å²) >= 11 is 6.41. The fourth-order valence-corrected chi connectivity index (χ4v) is 3.26.